The molecular formula is C32H66N2O2. The van der Waals surface area contributed by atoms with Gasteiger partial charge in [0.1, 0.15) is 0 Å². The molecule has 4 nitrogen and oxygen atoms in total. The highest BCUT2D eigenvalue weighted by Gasteiger charge is 2.16. The van der Waals surface area contributed by atoms with Gasteiger partial charge >= 0.3 is 0 Å². The van der Waals surface area contributed by atoms with Gasteiger partial charge in [0.25, 0.3) is 0 Å². The third kappa shape index (κ3) is 23.0. The lowest BCUT2D eigenvalue weighted by molar-refractivity contribution is 0.0553. The van der Waals surface area contributed by atoms with E-state index in [0.29, 0.717) is 0 Å². The van der Waals surface area contributed by atoms with Crippen LogP contribution in [-0.4, -0.2) is 75.5 Å². The Kier molecular flexibility index (Phi) is 26.2. The molecule has 0 bridgehead atoms. The van der Waals surface area contributed by atoms with Gasteiger partial charge in [0, 0.05) is 52.5 Å². The Morgan fingerprint density at radius 1 is 0.361 bits per heavy atom. The second-order valence-electron chi connectivity index (χ2n) is 11.3. The van der Waals surface area contributed by atoms with Crippen LogP contribution >= 0.6 is 0 Å². The zero-order valence-corrected chi connectivity index (χ0v) is 24.9. The number of hydrogen-bond acceptors (Lipinski definition) is 4. The Morgan fingerprint density at radius 3 is 0.944 bits per heavy atom. The van der Waals surface area contributed by atoms with Crippen LogP contribution in [0.25, 0.3) is 0 Å². The third-order valence-corrected chi connectivity index (χ3v) is 7.85. The minimum atomic E-state index is 0.902. The highest BCUT2D eigenvalue weighted by molar-refractivity contribution is 4.71. The van der Waals surface area contributed by atoms with Crippen LogP contribution in [0.2, 0.25) is 0 Å². The SMILES string of the molecule is CCCCCCCCCCCCOCCN1CCN(CCOCCCCCCCCCCCC)CC1. The minimum Gasteiger partial charge on any atom is -0.380 e. The molecule has 0 unspecified atom stereocenters. The van der Waals surface area contributed by atoms with E-state index in [1.165, 1.54) is 155 Å². The summed E-state index contributed by atoms with van der Waals surface area (Å²) in [6, 6.07) is 0. The van der Waals surface area contributed by atoms with Gasteiger partial charge in [-0.05, 0) is 12.8 Å². The maximum absolute atomic E-state index is 5.91. The molecule has 0 N–H and O–H groups in total. The molecule has 0 amide bonds. The van der Waals surface area contributed by atoms with Crippen molar-refractivity contribution in [2.75, 3.05) is 65.7 Å². The maximum Gasteiger partial charge on any atom is 0.0593 e. The monoisotopic (exact) mass is 511 g/mol. The van der Waals surface area contributed by atoms with Gasteiger partial charge in [-0.25, -0.2) is 0 Å². The van der Waals surface area contributed by atoms with Crippen LogP contribution < -0.4 is 0 Å². The number of unbranched alkanes of at least 4 members (excludes halogenated alkanes) is 18. The van der Waals surface area contributed by atoms with Crippen LogP contribution in [0, 0.1) is 0 Å². The van der Waals surface area contributed by atoms with Gasteiger partial charge in [0.05, 0.1) is 13.2 Å². The number of ether oxygens (including phenoxy) is 2. The molecule has 36 heavy (non-hydrogen) atoms. The van der Waals surface area contributed by atoms with Crippen molar-refractivity contribution in [3.63, 3.8) is 0 Å². The lowest BCUT2D eigenvalue weighted by Crippen LogP contribution is -2.48. The molecule has 1 aliphatic rings. The molecule has 0 aromatic carbocycles. The number of hydrogen-bond donors (Lipinski definition) is 0. The summed E-state index contributed by atoms with van der Waals surface area (Å²) in [4.78, 5) is 5.14. The average molecular weight is 511 g/mol. The Hall–Kier alpha value is -0.160. The topological polar surface area (TPSA) is 24.9 Å². The fourth-order valence-electron chi connectivity index (χ4n) is 5.21. The summed E-state index contributed by atoms with van der Waals surface area (Å²) in [5, 5.41) is 0. The standard InChI is InChI=1S/C32H66N2O2/c1-3-5-7-9-11-13-15-17-19-21-29-35-31-27-33-23-25-34(26-24-33)28-32-36-30-22-20-18-16-14-12-10-8-6-4-2/h3-32H2,1-2H3. The molecule has 1 saturated heterocycles. The summed E-state index contributed by atoms with van der Waals surface area (Å²) in [6.45, 7) is 15.2. The molecule has 1 rings (SSSR count). The number of nitrogens with zero attached hydrogens (tertiary/aromatic N) is 2. The van der Waals surface area contributed by atoms with E-state index >= 15 is 0 Å². The fraction of sp³-hybridized carbons (Fsp3) is 1.00. The first kappa shape index (κ1) is 33.9. The normalized spacial score (nSPS) is 15.2. The van der Waals surface area contributed by atoms with Crippen LogP contribution in [-0.2, 0) is 9.47 Å². The molecule has 0 spiro atoms. The first-order valence-corrected chi connectivity index (χ1v) is 16.5. The van der Waals surface area contributed by atoms with Crippen molar-refractivity contribution >= 4 is 0 Å². The Morgan fingerprint density at radius 2 is 0.639 bits per heavy atom. The van der Waals surface area contributed by atoms with Gasteiger partial charge in [-0.1, -0.05) is 129 Å². The minimum absolute atomic E-state index is 0.902. The number of piperazine rings is 1. The lowest BCUT2D eigenvalue weighted by atomic mass is 10.1. The summed E-state index contributed by atoms with van der Waals surface area (Å²) in [6.07, 6.45) is 27.8. The quantitative estimate of drug-likeness (QED) is 0.0985. The molecule has 1 fully saturated rings. The summed E-state index contributed by atoms with van der Waals surface area (Å²) >= 11 is 0. The summed E-state index contributed by atoms with van der Waals surface area (Å²) in [5.41, 5.74) is 0. The molecule has 0 aliphatic carbocycles. The van der Waals surface area contributed by atoms with Gasteiger partial charge in [-0.15, -0.1) is 0 Å². The van der Waals surface area contributed by atoms with Gasteiger partial charge in [-0.2, -0.15) is 0 Å². The second-order valence-corrected chi connectivity index (χ2v) is 11.3. The summed E-state index contributed by atoms with van der Waals surface area (Å²) < 4.78 is 11.8. The van der Waals surface area contributed by atoms with E-state index in [-0.39, 0.29) is 0 Å². The molecule has 0 aromatic rings. The van der Waals surface area contributed by atoms with Crippen molar-refractivity contribution in [3.05, 3.63) is 0 Å². The van der Waals surface area contributed by atoms with Crippen LogP contribution in [0.3, 0.4) is 0 Å². The zero-order chi connectivity index (χ0) is 25.8. The van der Waals surface area contributed by atoms with Gasteiger partial charge < -0.3 is 9.47 Å². The highest BCUT2D eigenvalue weighted by atomic mass is 16.5. The van der Waals surface area contributed by atoms with Gasteiger partial charge in [-0.3, -0.25) is 9.80 Å². The van der Waals surface area contributed by atoms with E-state index in [0.717, 1.165) is 39.5 Å². The fourth-order valence-corrected chi connectivity index (χ4v) is 5.21. The largest absolute Gasteiger partial charge is 0.380 e. The predicted molar refractivity (Wildman–Crippen MR) is 158 cm³/mol. The molecule has 216 valence electrons. The van der Waals surface area contributed by atoms with Crippen LogP contribution in [0.1, 0.15) is 142 Å². The summed E-state index contributed by atoms with van der Waals surface area (Å²) in [5.74, 6) is 0. The third-order valence-electron chi connectivity index (χ3n) is 7.85. The smallest absolute Gasteiger partial charge is 0.0593 e. The van der Waals surface area contributed by atoms with Crippen molar-refractivity contribution < 1.29 is 9.47 Å². The van der Waals surface area contributed by atoms with Gasteiger partial charge in [0.2, 0.25) is 0 Å². The van der Waals surface area contributed by atoms with Crippen LogP contribution in [0.4, 0.5) is 0 Å². The predicted octanol–water partition coefficient (Wildman–Crippen LogP) is 8.48. The van der Waals surface area contributed by atoms with E-state index in [4.69, 9.17) is 9.47 Å². The Balaban J connectivity index is 1.76. The highest BCUT2D eigenvalue weighted by Crippen LogP contribution is 2.11. The van der Waals surface area contributed by atoms with Gasteiger partial charge in [0.15, 0.2) is 0 Å². The first-order valence-electron chi connectivity index (χ1n) is 16.5. The molecular weight excluding hydrogens is 444 g/mol. The Labute approximate surface area is 227 Å². The average Bonchev–Trinajstić information content (AvgIpc) is 2.90. The van der Waals surface area contributed by atoms with Crippen LogP contribution in [0.5, 0.6) is 0 Å². The van der Waals surface area contributed by atoms with E-state index < -0.39 is 0 Å². The van der Waals surface area contributed by atoms with Crippen molar-refractivity contribution in [1.82, 2.24) is 9.80 Å². The van der Waals surface area contributed by atoms with Crippen molar-refractivity contribution in [3.8, 4) is 0 Å². The Bertz CT molecular complexity index is 375. The van der Waals surface area contributed by atoms with Crippen molar-refractivity contribution in [2.45, 2.75) is 142 Å². The first-order chi connectivity index (χ1) is 17.9. The van der Waals surface area contributed by atoms with E-state index in [1.54, 1.807) is 0 Å². The molecule has 0 saturated carbocycles. The molecule has 1 aliphatic heterocycles. The summed E-state index contributed by atoms with van der Waals surface area (Å²) in [7, 11) is 0. The van der Waals surface area contributed by atoms with Crippen molar-refractivity contribution in [1.29, 1.82) is 0 Å². The molecule has 0 radical (unpaired) electrons. The molecule has 0 aromatic heterocycles. The second kappa shape index (κ2) is 27.9. The molecule has 4 heteroatoms. The maximum atomic E-state index is 5.91. The van der Waals surface area contributed by atoms with E-state index in [2.05, 4.69) is 23.6 Å². The molecule has 1 heterocycles. The van der Waals surface area contributed by atoms with Crippen LogP contribution in [0.15, 0.2) is 0 Å². The lowest BCUT2D eigenvalue weighted by Gasteiger charge is -2.34. The van der Waals surface area contributed by atoms with E-state index in [9.17, 15) is 0 Å². The van der Waals surface area contributed by atoms with E-state index in [1.807, 2.05) is 0 Å². The zero-order valence-electron chi connectivity index (χ0n) is 24.9. The molecule has 0 atom stereocenters. The number of rotatable bonds is 28. The van der Waals surface area contributed by atoms with Crippen molar-refractivity contribution in [2.24, 2.45) is 0 Å².